The van der Waals surface area contributed by atoms with E-state index in [9.17, 15) is 13.9 Å². The molecule has 11 heteroatoms. The van der Waals surface area contributed by atoms with Crippen LogP contribution in [0.2, 0.25) is 0 Å². The Morgan fingerprint density at radius 2 is 1.83 bits per heavy atom. The van der Waals surface area contributed by atoms with Gasteiger partial charge in [0.2, 0.25) is 0 Å². The third kappa shape index (κ3) is 4.21. The van der Waals surface area contributed by atoms with Crippen LogP contribution in [-0.2, 0) is 5.72 Å². The minimum absolute atomic E-state index is 0.390. The number of benzene rings is 1. The van der Waals surface area contributed by atoms with E-state index in [-0.39, 0.29) is 0 Å². The zero-order chi connectivity index (χ0) is 24.7. The fourth-order valence-corrected chi connectivity index (χ4v) is 3.86. The molecule has 0 amide bonds. The van der Waals surface area contributed by atoms with E-state index in [1.807, 2.05) is 41.8 Å². The summed E-state index contributed by atoms with van der Waals surface area (Å²) in [7, 11) is 0. The number of nitrogens with one attached hydrogen (secondary N) is 1. The number of anilines is 2. The van der Waals surface area contributed by atoms with E-state index < -0.39 is 17.8 Å². The summed E-state index contributed by atoms with van der Waals surface area (Å²) in [6.07, 6.45) is 0.430. The molecule has 178 valence electrons. The van der Waals surface area contributed by atoms with Gasteiger partial charge in [-0.2, -0.15) is 10.2 Å². The Kier molecular flexibility index (Phi) is 5.48. The lowest BCUT2D eigenvalue weighted by Crippen LogP contribution is -2.33. The number of fused-ring (bicyclic) bond motifs is 1. The lowest BCUT2D eigenvalue weighted by Gasteiger charge is -2.25. The number of halogens is 2. The van der Waals surface area contributed by atoms with Crippen LogP contribution in [0.1, 0.15) is 36.0 Å². The maximum atomic E-state index is 13.1. The molecule has 0 aliphatic rings. The fraction of sp³-hybridized carbons (Fsp3) is 0.208. The van der Waals surface area contributed by atoms with E-state index in [0.717, 1.165) is 22.4 Å². The van der Waals surface area contributed by atoms with Crippen LogP contribution in [0.3, 0.4) is 0 Å². The topological polar surface area (TPSA) is 107 Å². The summed E-state index contributed by atoms with van der Waals surface area (Å²) in [5.41, 5.74) is 1.98. The van der Waals surface area contributed by atoms with E-state index in [1.165, 1.54) is 23.9 Å². The molecule has 35 heavy (non-hydrogen) atoms. The Labute approximate surface area is 199 Å². The average molecular weight is 476 g/mol. The van der Waals surface area contributed by atoms with Crippen molar-refractivity contribution in [3.8, 4) is 5.82 Å². The van der Waals surface area contributed by atoms with Gasteiger partial charge in [0.05, 0.1) is 16.7 Å². The van der Waals surface area contributed by atoms with Crippen molar-refractivity contribution >= 4 is 22.5 Å². The molecule has 9 nitrogen and oxygen atoms in total. The molecular weight excluding hydrogens is 454 g/mol. The number of hydrogen-bond acceptors (Lipinski definition) is 7. The zero-order valence-electron chi connectivity index (χ0n) is 19.2. The molecule has 0 spiro atoms. The number of pyridine rings is 1. The standard InChI is InChI=1S/C24H22F2N8O/c1-14-4-8-21(31-30-14)29-17-6-7-18-20(11-17)33(13-28-18)22-9-5-16(12-27-22)24(3,35)34-15(2)10-19(32-34)23(25)26/h4-13,23,35H,1-3H3,(H,29,31)/t24-/m0/s1. The van der Waals surface area contributed by atoms with Crippen molar-refractivity contribution in [3.63, 3.8) is 0 Å². The van der Waals surface area contributed by atoms with Crippen LogP contribution >= 0.6 is 0 Å². The molecule has 0 unspecified atom stereocenters. The van der Waals surface area contributed by atoms with Gasteiger partial charge < -0.3 is 10.4 Å². The predicted molar refractivity (Wildman–Crippen MR) is 126 cm³/mol. The Hall–Kier alpha value is -4.25. The minimum Gasteiger partial charge on any atom is -0.366 e. The fourth-order valence-electron chi connectivity index (χ4n) is 3.86. The number of aryl methyl sites for hydroxylation is 2. The summed E-state index contributed by atoms with van der Waals surface area (Å²) < 4.78 is 29.1. The van der Waals surface area contributed by atoms with Crippen LogP contribution in [0, 0.1) is 13.8 Å². The first-order chi connectivity index (χ1) is 16.7. The summed E-state index contributed by atoms with van der Waals surface area (Å²) in [5, 5.41) is 26.4. The highest BCUT2D eigenvalue weighted by atomic mass is 19.3. The molecule has 0 bridgehead atoms. The van der Waals surface area contributed by atoms with Gasteiger partial charge in [-0.05, 0) is 69.3 Å². The Bertz CT molecular complexity index is 1490. The zero-order valence-corrected chi connectivity index (χ0v) is 19.2. The third-order valence-corrected chi connectivity index (χ3v) is 5.70. The first-order valence-electron chi connectivity index (χ1n) is 10.8. The van der Waals surface area contributed by atoms with E-state index in [2.05, 4.69) is 30.6 Å². The van der Waals surface area contributed by atoms with Gasteiger partial charge in [0, 0.05) is 23.1 Å². The summed E-state index contributed by atoms with van der Waals surface area (Å²) >= 11 is 0. The first-order valence-corrected chi connectivity index (χ1v) is 10.8. The van der Waals surface area contributed by atoms with Crippen molar-refractivity contribution in [3.05, 3.63) is 83.7 Å². The van der Waals surface area contributed by atoms with Crippen LogP contribution in [0.15, 0.2) is 61.1 Å². The smallest absolute Gasteiger partial charge is 0.282 e. The lowest BCUT2D eigenvalue weighted by atomic mass is 10.1. The Balaban J connectivity index is 1.45. The number of alkyl halides is 2. The molecular formula is C24H22F2N8O. The molecule has 4 heterocycles. The van der Waals surface area contributed by atoms with Crippen molar-refractivity contribution in [1.82, 2.24) is 34.5 Å². The number of hydrogen-bond donors (Lipinski definition) is 2. The quantitative estimate of drug-likeness (QED) is 0.374. The molecule has 5 aromatic rings. The maximum Gasteiger partial charge on any atom is 0.282 e. The maximum absolute atomic E-state index is 13.1. The van der Waals surface area contributed by atoms with Gasteiger partial charge in [0.15, 0.2) is 11.5 Å². The first kappa shape index (κ1) is 22.5. The van der Waals surface area contributed by atoms with Crippen LogP contribution in [-0.4, -0.2) is 39.6 Å². The molecule has 0 aliphatic carbocycles. The molecule has 1 aromatic carbocycles. The molecule has 5 rings (SSSR count). The van der Waals surface area contributed by atoms with Crippen LogP contribution < -0.4 is 5.32 Å². The molecule has 4 aromatic heterocycles. The van der Waals surface area contributed by atoms with Gasteiger partial charge in [-0.15, -0.1) is 5.10 Å². The highest BCUT2D eigenvalue weighted by molar-refractivity contribution is 5.82. The summed E-state index contributed by atoms with van der Waals surface area (Å²) in [6, 6.07) is 14.1. The molecule has 0 aliphatic heterocycles. The van der Waals surface area contributed by atoms with Crippen molar-refractivity contribution in [1.29, 1.82) is 0 Å². The molecule has 1 atom stereocenters. The number of aromatic nitrogens is 7. The Morgan fingerprint density at radius 3 is 2.49 bits per heavy atom. The molecule has 2 N–H and O–H groups in total. The molecule has 0 saturated carbocycles. The van der Waals surface area contributed by atoms with E-state index in [4.69, 9.17) is 0 Å². The molecule has 0 saturated heterocycles. The molecule has 0 radical (unpaired) electrons. The normalized spacial score (nSPS) is 13.3. The number of rotatable bonds is 6. The minimum atomic E-state index is -2.72. The number of nitrogens with zero attached hydrogens (tertiary/aromatic N) is 7. The van der Waals surface area contributed by atoms with Gasteiger partial charge in [-0.1, -0.05) is 0 Å². The predicted octanol–water partition coefficient (Wildman–Crippen LogP) is 4.42. The van der Waals surface area contributed by atoms with Gasteiger partial charge >= 0.3 is 0 Å². The van der Waals surface area contributed by atoms with Crippen LogP contribution in [0.25, 0.3) is 16.9 Å². The van der Waals surface area contributed by atoms with Crippen LogP contribution in [0.4, 0.5) is 20.3 Å². The third-order valence-electron chi connectivity index (χ3n) is 5.70. The number of imidazole rings is 1. The van der Waals surface area contributed by atoms with E-state index in [0.29, 0.717) is 22.9 Å². The van der Waals surface area contributed by atoms with Gasteiger partial charge in [-0.25, -0.2) is 23.4 Å². The monoisotopic (exact) mass is 476 g/mol. The Morgan fingerprint density at radius 1 is 1.00 bits per heavy atom. The summed E-state index contributed by atoms with van der Waals surface area (Å²) in [6.45, 7) is 4.97. The molecule has 0 fully saturated rings. The second kappa shape index (κ2) is 8.51. The van der Waals surface area contributed by atoms with Crippen molar-refractivity contribution in [2.75, 3.05) is 5.32 Å². The average Bonchev–Trinajstić information content (AvgIpc) is 3.44. The highest BCUT2D eigenvalue weighted by Crippen LogP contribution is 2.28. The van der Waals surface area contributed by atoms with Crippen molar-refractivity contribution in [2.45, 2.75) is 32.9 Å². The highest BCUT2D eigenvalue weighted by Gasteiger charge is 2.30. The van der Waals surface area contributed by atoms with Gasteiger partial charge in [0.25, 0.3) is 6.43 Å². The van der Waals surface area contributed by atoms with Crippen molar-refractivity contribution in [2.24, 2.45) is 0 Å². The second-order valence-corrected chi connectivity index (χ2v) is 8.35. The lowest BCUT2D eigenvalue weighted by molar-refractivity contribution is 0.00892. The summed E-state index contributed by atoms with van der Waals surface area (Å²) in [5.74, 6) is 1.19. The van der Waals surface area contributed by atoms with Crippen LogP contribution in [0.5, 0.6) is 0 Å². The SMILES string of the molecule is Cc1ccc(Nc2ccc3ncn(-c4ccc([C@](C)(O)n5nc(C(F)F)cc5C)cn4)c3c2)nn1. The largest absolute Gasteiger partial charge is 0.366 e. The van der Waals surface area contributed by atoms with Gasteiger partial charge in [-0.3, -0.25) is 4.57 Å². The summed E-state index contributed by atoms with van der Waals surface area (Å²) in [4.78, 5) is 8.93. The van der Waals surface area contributed by atoms with Crippen molar-refractivity contribution < 1.29 is 13.9 Å². The van der Waals surface area contributed by atoms with E-state index >= 15 is 0 Å². The van der Waals surface area contributed by atoms with Gasteiger partial charge in [0.1, 0.15) is 17.8 Å². The second-order valence-electron chi connectivity index (χ2n) is 8.35. The number of aliphatic hydroxyl groups is 1. The van der Waals surface area contributed by atoms with E-state index in [1.54, 1.807) is 25.4 Å².